The van der Waals surface area contributed by atoms with E-state index >= 15 is 0 Å². The lowest BCUT2D eigenvalue weighted by atomic mass is 10.1. The van der Waals surface area contributed by atoms with Gasteiger partial charge in [-0.1, -0.05) is 13.8 Å². The molecule has 55 heavy (non-hydrogen) atoms. The van der Waals surface area contributed by atoms with Gasteiger partial charge in [-0.15, -0.1) is 15.3 Å². The van der Waals surface area contributed by atoms with E-state index < -0.39 is 47.3 Å². The Morgan fingerprint density at radius 3 is 1.98 bits per heavy atom. The minimum absolute atomic E-state index is 0.0560. The molecule has 0 aliphatic rings. The number of hydrogen-bond acceptors (Lipinski definition) is 15. The molecule has 0 aromatic heterocycles. The summed E-state index contributed by atoms with van der Waals surface area (Å²) in [6.45, 7) is 2.98. The number of fused-ring (bicyclic) bond motifs is 1. The maximum atomic E-state index is 12.8. The molecule has 0 spiro atoms. The van der Waals surface area contributed by atoms with Crippen LogP contribution >= 0.6 is 0 Å². The van der Waals surface area contributed by atoms with Gasteiger partial charge in [0, 0.05) is 34.2 Å². The molecule has 0 saturated carbocycles. The molecule has 0 atom stereocenters. The van der Waals surface area contributed by atoms with E-state index in [-0.39, 0.29) is 77.6 Å². The van der Waals surface area contributed by atoms with Crippen LogP contribution in [0.3, 0.4) is 0 Å². The number of nitrogens with zero attached hydrogens (tertiary/aromatic N) is 4. The van der Waals surface area contributed by atoms with Crippen LogP contribution in [0.2, 0.25) is 0 Å². The number of carbonyl (C=O) groups excluding carboxylic acids is 1. The Morgan fingerprint density at radius 2 is 1.36 bits per heavy atom. The monoisotopic (exact) mass is 810 g/mol. The number of ether oxygens (including phenoxy) is 1. The van der Waals surface area contributed by atoms with E-state index in [1.165, 1.54) is 99.8 Å². The van der Waals surface area contributed by atoms with Gasteiger partial charge in [-0.2, -0.15) is 13.5 Å². The Balaban J connectivity index is 1.43. The number of benzene rings is 5. The van der Waals surface area contributed by atoms with Crippen LogP contribution < -0.4 is 15.4 Å². The van der Waals surface area contributed by atoms with Gasteiger partial charge in [0.1, 0.15) is 39.3 Å². The number of aromatic hydroxyl groups is 2. The van der Waals surface area contributed by atoms with Crippen molar-refractivity contribution >= 4 is 80.6 Å². The van der Waals surface area contributed by atoms with E-state index in [1.54, 1.807) is 0 Å². The Kier molecular flexibility index (Phi) is 11.8. The van der Waals surface area contributed by atoms with Gasteiger partial charge < -0.3 is 25.6 Å². The maximum absolute atomic E-state index is 12.8. The molecule has 0 fully saturated rings. The van der Waals surface area contributed by atoms with Crippen LogP contribution in [-0.2, 0) is 29.8 Å². The summed E-state index contributed by atoms with van der Waals surface area (Å²) in [6, 6.07) is 19.6. The second kappa shape index (κ2) is 16.2. The second-order valence-electron chi connectivity index (χ2n) is 11.6. The van der Waals surface area contributed by atoms with Crippen LogP contribution in [0, 0.1) is 0 Å². The minimum Gasteiger partial charge on any atom is -0.506 e. The van der Waals surface area contributed by atoms with Crippen molar-refractivity contribution in [1.29, 1.82) is 0 Å². The third kappa shape index (κ3) is 9.41. The standard InChI is InChI=1S/C35H34N6O11S3/c1-4-53(45,46)24-12-10-22(11-13-24)37-35(44)21-6-8-23(9-7-21)38-41-33-25-14-17-28(34(43)26(25)15-16-27(33)36-20-55(49,50)51)39-40-29-18-31(52-3)32(19-30(29)42)54(47,48)5-2/h6-19,36,42-43H,4-5,20H2,1-3H3,(H,37,44)(H,49,50,51)/b40-39+,41-38+. The van der Waals surface area contributed by atoms with Gasteiger partial charge in [-0.3, -0.25) is 9.35 Å². The minimum atomic E-state index is -4.46. The molecule has 17 nitrogen and oxygen atoms in total. The van der Waals surface area contributed by atoms with Crippen molar-refractivity contribution in [2.24, 2.45) is 20.5 Å². The van der Waals surface area contributed by atoms with Gasteiger partial charge in [0.25, 0.3) is 16.0 Å². The van der Waals surface area contributed by atoms with Crippen molar-refractivity contribution in [3.05, 3.63) is 90.5 Å². The molecule has 5 rings (SSSR count). The lowest BCUT2D eigenvalue weighted by Crippen LogP contribution is -2.13. The molecule has 288 valence electrons. The predicted octanol–water partition coefficient (Wildman–Crippen LogP) is 7.19. The third-order valence-corrected chi connectivity index (χ3v) is 12.1. The molecule has 0 radical (unpaired) electrons. The van der Waals surface area contributed by atoms with E-state index in [9.17, 15) is 44.8 Å². The lowest BCUT2D eigenvalue weighted by Gasteiger charge is -2.12. The van der Waals surface area contributed by atoms with Crippen molar-refractivity contribution in [3.8, 4) is 17.2 Å². The number of rotatable bonds is 14. The fraction of sp³-hybridized carbons (Fsp3) is 0.171. The first-order valence-corrected chi connectivity index (χ1v) is 21.1. The Bertz CT molecular complexity index is 2670. The molecule has 0 heterocycles. The number of anilines is 2. The second-order valence-corrected chi connectivity index (χ2v) is 17.6. The van der Waals surface area contributed by atoms with Gasteiger partial charge in [0.05, 0.1) is 34.9 Å². The summed E-state index contributed by atoms with van der Waals surface area (Å²) in [5.41, 5.74) is 0.896. The molecular formula is C35H34N6O11S3. The Hall–Kier alpha value is -5.96. The highest BCUT2D eigenvalue weighted by molar-refractivity contribution is 7.91. The highest BCUT2D eigenvalue weighted by Gasteiger charge is 2.21. The van der Waals surface area contributed by atoms with E-state index in [2.05, 4.69) is 31.1 Å². The summed E-state index contributed by atoms with van der Waals surface area (Å²) in [7, 11) is -10.3. The number of nitrogens with one attached hydrogen (secondary N) is 2. The van der Waals surface area contributed by atoms with Crippen LogP contribution in [0.5, 0.6) is 17.2 Å². The summed E-state index contributed by atoms with van der Waals surface area (Å²) < 4.78 is 86.6. The van der Waals surface area contributed by atoms with E-state index in [1.807, 2.05) is 0 Å². The SMILES string of the molecule is CCS(=O)(=O)c1ccc(NC(=O)c2ccc(/N=N/c3c(NCS(=O)(=O)O)ccc4c(O)c(/N=N/c5cc(OC)c(S(=O)(=O)CC)cc5O)ccc34)cc2)cc1. The molecular weight excluding hydrogens is 777 g/mol. The molecule has 20 heteroatoms. The number of phenolic OH excluding ortho intramolecular Hbond substituents is 2. The first-order chi connectivity index (χ1) is 26.0. The summed E-state index contributed by atoms with van der Waals surface area (Å²) in [5.74, 6) is -2.58. The molecule has 5 aromatic rings. The zero-order valence-electron chi connectivity index (χ0n) is 29.3. The van der Waals surface area contributed by atoms with Crippen LogP contribution in [0.15, 0.2) is 115 Å². The summed E-state index contributed by atoms with van der Waals surface area (Å²) in [6.07, 6.45) is 0. The van der Waals surface area contributed by atoms with Crippen molar-refractivity contribution in [2.75, 3.05) is 35.1 Å². The molecule has 1 amide bonds. The molecule has 0 aliphatic heterocycles. The van der Waals surface area contributed by atoms with E-state index in [0.29, 0.717) is 5.69 Å². The van der Waals surface area contributed by atoms with Gasteiger partial charge in [0.15, 0.2) is 25.4 Å². The lowest BCUT2D eigenvalue weighted by molar-refractivity contribution is 0.102. The fourth-order valence-electron chi connectivity index (χ4n) is 5.05. The number of phenols is 2. The van der Waals surface area contributed by atoms with Crippen molar-refractivity contribution < 1.29 is 49.6 Å². The highest BCUT2D eigenvalue weighted by atomic mass is 32.2. The number of amides is 1. The van der Waals surface area contributed by atoms with E-state index in [4.69, 9.17) is 4.74 Å². The molecule has 0 bridgehead atoms. The van der Waals surface area contributed by atoms with Crippen LogP contribution in [0.4, 0.5) is 34.1 Å². The zero-order valence-corrected chi connectivity index (χ0v) is 31.8. The molecule has 0 saturated heterocycles. The van der Waals surface area contributed by atoms with Gasteiger partial charge in [-0.05, 0) is 72.8 Å². The van der Waals surface area contributed by atoms with Crippen LogP contribution in [-0.4, -0.2) is 70.4 Å². The van der Waals surface area contributed by atoms with Crippen molar-refractivity contribution in [3.63, 3.8) is 0 Å². The van der Waals surface area contributed by atoms with Gasteiger partial charge in [-0.25, -0.2) is 16.8 Å². The normalized spacial score (nSPS) is 12.4. The molecule has 5 N–H and O–H groups in total. The average Bonchev–Trinajstić information content (AvgIpc) is 3.16. The Labute approximate surface area is 316 Å². The van der Waals surface area contributed by atoms with E-state index in [0.717, 1.165) is 6.07 Å². The maximum Gasteiger partial charge on any atom is 0.283 e. The quantitative estimate of drug-likeness (QED) is 0.0551. The first kappa shape index (κ1) is 40.2. The highest BCUT2D eigenvalue weighted by Crippen LogP contribution is 2.44. The number of azo groups is 2. The van der Waals surface area contributed by atoms with Gasteiger partial charge in [0.2, 0.25) is 0 Å². The zero-order chi connectivity index (χ0) is 40.1. The summed E-state index contributed by atoms with van der Waals surface area (Å²) in [4.78, 5) is 12.8. The number of hydrogen-bond donors (Lipinski definition) is 5. The summed E-state index contributed by atoms with van der Waals surface area (Å²) in [5, 5.41) is 43.9. The third-order valence-electron chi connectivity index (χ3n) is 8.06. The number of carbonyl (C=O) groups is 1. The van der Waals surface area contributed by atoms with Crippen molar-refractivity contribution in [2.45, 2.75) is 23.6 Å². The van der Waals surface area contributed by atoms with Crippen LogP contribution in [0.1, 0.15) is 24.2 Å². The topological polar surface area (TPSA) is 263 Å². The number of sulfone groups is 2. The number of methoxy groups -OCH3 is 1. The smallest absolute Gasteiger partial charge is 0.283 e. The molecule has 0 unspecified atom stereocenters. The average molecular weight is 811 g/mol. The predicted molar refractivity (Wildman–Crippen MR) is 205 cm³/mol. The largest absolute Gasteiger partial charge is 0.506 e. The summed E-state index contributed by atoms with van der Waals surface area (Å²) >= 11 is 0. The van der Waals surface area contributed by atoms with Gasteiger partial charge >= 0.3 is 0 Å². The first-order valence-electron chi connectivity index (χ1n) is 16.2. The molecule has 0 aliphatic carbocycles. The van der Waals surface area contributed by atoms with Crippen molar-refractivity contribution in [1.82, 2.24) is 0 Å². The molecule has 5 aromatic carbocycles. The fourth-order valence-corrected chi connectivity index (χ4v) is 7.32. The Morgan fingerprint density at radius 1 is 0.727 bits per heavy atom. The van der Waals surface area contributed by atoms with Crippen LogP contribution in [0.25, 0.3) is 10.8 Å².